The van der Waals surface area contributed by atoms with Crippen molar-refractivity contribution in [3.05, 3.63) is 0 Å². The van der Waals surface area contributed by atoms with E-state index in [1.165, 1.54) is 0 Å². The predicted molar refractivity (Wildman–Crippen MR) is 6.75 cm³/mol. The van der Waals surface area contributed by atoms with E-state index < -0.39 is 0 Å². The van der Waals surface area contributed by atoms with E-state index in [0.29, 0.717) is 0 Å². The zero-order chi connectivity index (χ0) is 2.00. The van der Waals surface area contributed by atoms with Crippen LogP contribution in [-0.2, 0) is 43.8 Å². The molecule has 0 saturated carbocycles. The van der Waals surface area contributed by atoms with Gasteiger partial charge in [0.05, 0.1) is 0 Å². The molecule has 1 nitrogen and oxygen atoms in total. The van der Waals surface area contributed by atoms with Crippen molar-refractivity contribution in [2.24, 2.45) is 0 Å². The summed E-state index contributed by atoms with van der Waals surface area (Å²) in [5.74, 6) is 0. The van der Waals surface area contributed by atoms with Crippen LogP contribution in [0.1, 0.15) is 0 Å². The second kappa shape index (κ2) is 39.6. The molecule has 0 saturated heterocycles. The molecule has 0 aliphatic heterocycles. The number of hydrogen-bond acceptors (Lipinski definition) is 1. The average molecular weight is 231 g/mol. The van der Waals surface area contributed by atoms with Gasteiger partial charge in [-0.2, -0.15) is 0 Å². The molecule has 1 radical (unpaired) electrons. The molecule has 4 heavy (non-hydrogen) atoms. The summed E-state index contributed by atoms with van der Waals surface area (Å²) in [5, 5.41) is 0. The molecule has 0 aliphatic rings. The number of carbonyl (C=O) groups excluding carboxylic acids is 1. The molecular weight excluding hydrogens is 230 g/mol. The van der Waals surface area contributed by atoms with Crippen LogP contribution in [0.5, 0.6) is 0 Å². The summed E-state index contributed by atoms with van der Waals surface area (Å²) in [6.45, 7) is 3.25. The Hall–Kier alpha value is 0.917. The standard InChI is InChI=1S/CHO.2Ru/c1-2;;/h1H;;. The SMILES string of the molecule is [CH]=O.[Ru].[Ru]. The second-order valence-electron chi connectivity index (χ2n) is 0. The molecule has 0 unspecified atom stereocenters. The van der Waals surface area contributed by atoms with E-state index in [-0.39, 0.29) is 39.0 Å². The first-order valence-electron chi connectivity index (χ1n) is 0.236. The zero-order valence-corrected chi connectivity index (χ0v) is 5.17. The topological polar surface area (TPSA) is 17.1 Å². The van der Waals surface area contributed by atoms with E-state index in [0.717, 1.165) is 0 Å². The fraction of sp³-hybridized carbons (Fsp3) is 0. The molecule has 0 aromatic heterocycles. The van der Waals surface area contributed by atoms with E-state index in [4.69, 9.17) is 4.79 Å². The molecule has 0 aromatic carbocycles. The second-order valence-corrected chi connectivity index (χ2v) is 0. The van der Waals surface area contributed by atoms with Crippen LogP contribution in [0.4, 0.5) is 0 Å². The molecule has 0 atom stereocenters. The first-order chi connectivity index (χ1) is 1.00. The molecule has 3 heteroatoms. The van der Waals surface area contributed by atoms with Crippen molar-refractivity contribution in [1.29, 1.82) is 0 Å². The number of rotatable bonds is 0. The molecule has 27 valence electrons. The van der Waals surface area contributed by atoms with Crippen LogP contribution in [0.25, 0.3) is 0 Å². The molecule has 0 bridgehead atoms. The Kier molecular flexibility index (Phi) is 203. The third-order valence-corrected chi connectivity index (χ3v) is 0. The summed E-state index contributed by atoms with van der Waals surface area (Å²) >= 11 is 0. The third kappa shape index (κ3) is 12.8. The number of hydrogen-bond donors (Lipinski definition) is 0. The Morgan fingerprint density at radius 2 is 1.00 bits per heavy atom. The Morgan fingerprint density at radius 3 is 1.00 bits per heavy atom. The van der Waals surface area contributed by atoms with Crippen LogP contribution in [0.15, 0.2) is 0 Å². The molecule has 0 amide bonds. The van der Waals surface area contributed by atoms with E-state index in [1.54, 1.807) is 0 Å². The van der Waals surface area contributed by atoms with Gasteiger partial charge in [-0.05, 0) is 0 Å². The molecular formula is CHORu2. The monoisotopic (exact) mass is 233 g/mol. The fourth-order valence-electron chi connectivity index (χ4n) is 0. The van der Waals surface area contributed by atoms with E-state index in [9.17, 15) is 0 Å². The third-order valence-electron chi connectivity index (χ3n) is 0. The van der Waals surface area contributed by atoms with Crippen molar-refractivity contribution in [2.75, 3.05) is 0 Å². The van der Waals surface area contributed by atoms with Gasteiger partial charge in [0, 0.05) is 39.0 Å². The summed E-state index contributed by atoms with van der Waals surface area (Å²) in [6.07, 6.45) is 0. The molecule has 0 aliphatic carbocycles. The Balaban J connectivity index is -0.00000000500. The van der Waals surface area contributed by atoms with Crippen molar-refractivity contribution in [3.63, 3.8) is 0 Å². The van der Waals surface area contributed by atoms with Crippen LogP contribution < -0.4 is 0 Å². The van der Waals surface area contributed by atoms with Gasteiger partial charge in [0.15, 0.2) is 6.79 Å². The van der Waals surface area contributed by atoms with Gasteiger partial charge < -0.3 is 0 Å². The van der Waals surface area contributed by atoms with Gasteiger partial charge in [-0.15, -0.1) is 0 Å². The van der Waals surface area contributed by atoms with Crippen molar-refractivity contribution in [1.82, 2.24) is 0 Å². The van der Waals surface area contributed by atoms with Crippen molar-refractivity contribution >= 4 is 6.79 Å². The van der Waals surface area contributed by atoms with Crippen LogP contribution in [0.3, 0.4) is 0 Å². The van der Waals surface area contributed by atoms with Crippen LogP contribution in [0.2, 0.25) is 0 Å². The van der Waals surface area contributed by atoms with Gasteiger partial charge in [-0.1, -0.05) is 0 Å². The van der Waals surface area contributed by atoms with E-state index >= 15 is 0 Å². The molecule has 0 aromatic rings. The molecule has 0 rings (SSSR count). The fourth-order valence-corrected chi connectivity index (χ4v) is 0. The Labute approximate surface area is 50.7 Å². The van der Waals surface area contributed by atoms with Crippen molar-refractivity contribution in [2.45, 2.75) is 0 Å². The first kappa shape index (κ1) is 20.5. The summed E-state index contributed by atoms with van der Waals surface area (Å²) in [4.78, 5) is 7.75. The molecule has 0 N–H and O–H groups in total. The van der Waals surface area contributed by atoms with Gasteiger partial charge >= 0.3 is 0 Å². The van der Waals surface area contributed by atoms with E-state index in [1.807, 2.05) is 0 Å². The molecule has 0 spiro atoms. The quantitative estimate of drug-likeness (QED) is 0.414. The van der Waals surface area contributed by atoms with Gasteiger partial charge in [-0.3, -0.25) is 4.79 Å². The average Bonchev–Trinajstić information content (AvgIpc) is 1.00. The molecule has 0 fully saturated rings. The molecule has 0 heterocycles. The minimum Gasteiger partial charge on any atom is -0.295 e. The van der Waals surface area contributed by atoms with Gasteiger partial charge in [0.25, 0.3) is 0 Å². The van der Waals surface area contributed by atoms with Crippen LogP contribution in [-0.4, -0.2) is 6.79 Å². The summed E-state index contributed by atoms with van der Waals surface area (Å²) in [5.41, 5.74) is 0. The summed E-state index contributed by atoms with van der Waals surface area (Å²) < 4.78 is 0. The van der Waals surface area contributed by atoms with Gasteiger partial charge in [0.2, 0.25) is 0 Å². The minimum absolute atomic E-state index is 0. The zero-order valence-electron chi connectivity index (χ0n) is 1.69. The van der Waals surface area contributed by atoms with Gasteiger partial charge in [-0.25, -0.2) is 0 Å². The van der Waals surface area contributed by atoms with Crippen molar-refractivity contribution < 1.29 is 43.8 Å². The Morgan fingerprint density at radius 1 is 1.00 bits per heavy atom. The maximum Gasteiger partial charge on any atom is 0.182 e. The predicted octanol–water partition coefficient (Wildman–Crippen LogP) is -0.279. The normalized spacial score (nSPS) is 1.00. The largest absolute Gasteiger partial charge is 0.295 e. The van der Waals surface area contributed by atoms with Crippen LogP contribution >= 0.6 is 0 Å². The minimum atomic E-state index is 0. The van der Waals surface area contributed by atoms with E-state index in [2.05, 4.69) is 6.79 Å². The maximum atomic E-state index is 7.75. The Bertz CT molecular complexity index is 6.00. The van der Waals surface area contributed by atoms with Gasteiger partial charge in [0.1, 0.15) is 0 Å². The summed E-state index contributed by atoms with van der Waals surface area (Å²) in [6, 6.07) is 0. The first-order valence-corrected chi connectivity index (χ1v) is 0.236. The maximum absolute atomic E-state index is 7.75. The summed E-state index contributed by atoms with van der Waals surface area (Å²) in [7, 11) is 0. The van der Waals surface area contributed by atoms with Crippen molar-refractivity contribution in [3.8, 4) is 0 Å². The smallest absolute Gasteiger partial charge is 0.182 e. The van der Waals surface area contributed by atoms with Crippen LogP contribution in [0, 0.1) is 0 Å².